The minimum absolute atomic E-state index is 0.160. The lowest BCUT2D eigenvalue weighted by Crippen LogP contribution is -2.21. The van der Waals surface area contributed by atoms with E-state index in [0.717, 1.165) is 17.6 Å². The molecule has 15 heavy (non-hydrogen) atoms. The predicted octanol–water partition coefficient (Wildman–Crippen LogP) is 2.51. The van der Waals surface area contributed by atoms with Crippen molar-refractivity contribution in [2.45, 2.75) is 13.0 Å². The molecule has 0 atom stereocenters. The second-order valence-electron chi connectivity index (χ2n) is 3.26. The average Bonchev–Trinajstić information content (AvgIpc) is 2.61. The van der Waals surface area contributed by atoms with E-state index in [0.29, 0.717) is 6.42 Å². The summed E-state index contributed by atoms with van der Waals surface area (Å²) in [6.07, 6.45) is 0.440. The number of esters is 1. The summed E-state index contributed by atoms with van der Waals surface area (Å²) in [5.74, 6) is -0.160. The lowest BCUT2D eigenvalue weighted by molar-refractivity contribution is -0.140. The highest BCUT2D eigenvalue weighted by molar-refractivity contribution is 9.10. The van der Waals surface area contributed by atoms with Crippen LogP contribution in [0.2, 0.25) is 0 Å². The maximum absolute atomic E-state index is 10.9. The van der Waals surface area contributed by atoms with E-state index < -0.39 is 0 Å². The van der Waals surface area contributed by atoms with Gasteiger partial charge in [0, 0.05) is 22.4 Å². The van der Waals surface area contributed by atoms with Crippen LogP contribution in [0.15, 0.2) is 15.9 Å². The molecule has 0 fully saturated rings. The van der Waals surface area contributed by atoms with Gasteiger partial charge in [0.25, 0.3) is 0 Å². The highest BCUT2D eigenvalue weighted by atomic mass is 79.9. The Bertz CT molecular complexity index is 327. The Morgan fingerprint density at radius 1 is 1.67 bits per heavy atom. The fourth-order valence-electron chi connectivity index (χ4n) is 1.15. The number of hydrogen-bond donors (Lipinski definition) is 0. The lowest BCUT2D eigenvalue weighted by atomic mass is 10.3. The number of thiophene rings is 1. The van der Waals surface area contributed by atoms with Crippen LogP contribution in [0, 0.1) is 0 Å². The van der Waals surface area contributed by atoms with Gasteiger partial charge in [0.05, 0.1) is 13.5 Å². The molecule has 0 aromatic carbocycles. The van der Waals surface area contributed by atoms with Gasteiger partial charge in [0.1, 0.15) is 0 Å². The summed E-state index contributed by atoms with van der Waals surface area (Å²) in [7, 11) is 3.41. The van der Waals surface area contributed by atoms with Crippen molar-refractivity contribution < 1.29 is 9.53 Å². The van der Waals surface area contributed by atoms with E-state index in [-0.39, 0.29) is 5.97 Å². The maximum atomic E-state index is 10.9. The zero-order valence-electron chi connectivity index (χ0n) is 8.83. The third-order valence-electron chi connectivity index (χ3n) is 2.03. The van der Waals surface area contributed by atoms with Crippen molar-refractivity contribution in [1.29, 1.82) is 0 Å². The number of carbonyl (C=O) groups is 1. The predicted molar refractivity (Wildman–Crippen MR) is 65.0 cm³/mol. The summed E-state index contributed by atoms with van der Waals surface area (Å²) in [4.78, 5) is 14.3. The van der Waals surface area contributed by atoms with E-state index in [4.69, 9.17) is 0 Å². The molecule has 1 aromatic rings. The molecule has 0 aliphatic heterocycles. The summed E-state index contributed by atoms with van der Waals surface area (Å²) in [5, 5.41) is 2.05. The van der Waals surface area contributed by atoms with Crippen LogP contribution in [0.4, 0.5) is 0 Å². The first-order chi connectivity index (χ1) is 7.13. The Balaban J connectivity index is 2.33. The molecule has 0 saturated heterocycles. The summed E-state index contributed by atoms with van der Waals surface area (Å²) >= 11 is 5.19. The van der Waals surface area contributed by atoms with Gasteiger partial charge in [-0.15, -0.1) is 11.3 Å². The van der Waals surface area contributed by atoms with Crippen molar-refractivity contribution >= 4 is 33.2 Å². The number of halogens is 1. The molecule has 1 rings (SSSR count). The van der Waals surface area contributed by atoms with Crippen molar-refractivity contribution in [3.8, 4) is 0 Å². The largest absolute Gasteiger partial charge is 0.469 e. The van der Waals surface area contributed by atoms with Crippen LogP contribution >= 0.6 is 27.3 Å². The molecule has 3 nitrogen and oxygen atoms in total. The highest BCUT2D eigenvalue weighted by Crippen LogP contribution is 2.23. The van der Waals surface area contributed by atoms with E-state index in [9.17, 15) is 4.79 Å². The minimum Gasteiger partial charge on any atom is -0.469 e. The second-order valence-corrected chi connectivity index (χ2v) is 5.11. The molecule has 0 aliphatic rings. The van der Waals surface area contributed by atoms with E-state index >= 15 is 0 Å². The number of methoxy groups -OCH3 is 1. The number of rotatable bonds is 5. The smallest absolute Gasteiger partial charge is 0.306 e. The number of hydrogen-bond acceptors (Lipinski definition) is 4. The van der Waals surface area contributed by atoms with Gasteiger partial charge in [0.15, 0.2) is 0 Å². The van der Waals surface area contributed by atoms with E-state index in [1.54, 1.807) is 11.3 Å². The Morgan fingerprint density at radius 3 is 2.93 bits per heavy atom. The standard InChI is InChI=1S/C10H14BrNO2S/c1-12(5-3-10(13)14-2)7-9-8(11)4-6-15-9/h4,6H,3,5,7H2,1-2H3. The molecule has 84 valence electrons. The Morgan fingerprint density at radius 2 is 2.40 bits per heavy atom. The fraction of sp³-hybridized carbons (Fsp3) is 0.500. The van der Waals surface area contributed by atoms with Crippen molar-refractivity contribution in [3.63, 3.8) is 0 Å². The third kappa shape index (κ3) is 4.32. The zero-order chi connectivity index (χ0) is 11.3. The molecule has 0 N–H and O–H groups in total. The first-order valence-electron chi connectivity index (χ1n) is 4.60. The van der Waals surface area contributed by atoms with Crippen molar-refractivity contribution in [2.24, 2.45) is 0 Å². The van der Waals surface area contributed by atoms with Crippen molar-refractivity contribution in [1.82, 2.24) is 4.90 Å². The quantitative estimate of drug-likeness (QED) is 0.781. The van der Waals surface area contributed by atoms with Gasteiger partial charge in [-0.2, -0.15) is 0 Å². The van der Waals surface area contributed by atoms with Crippen LogP contribution in [-0.2, 0) is 16.1 Å². The van der Waals surface area contributed by atoms with Gasteiger partial charge >= 0.3 is 5.97 Å². The number of ether oxygens (including phenoxy) is 1. The van der Waals surface area contributed by atoms with Crippen LogP contribution < -0.4 is 0 Å². The van der Waals surface area contributed by atoms with E-state index in [1.807, 2.05) is 18.5 Å². The van der Waals surface area contributed by atoms with Gasteiger partial charge in [-0.05, 0) is 34.4 Å². The molecule has 0 unspecified atom stereocenters. The summed E-state index contributed by atoms with van der Waals surface area (Å²) in [6, 6.07) is 2.04. The topological polar surface area (TPSA) is 29.5 Å². The van der Waals surface area contributed by atoms with E-state index in [1.165, 1.54) is 12.0 Å². The fourth-order valence-corrected chi connectivity index (χ4v) is 2.70. The third-order valence-corrected chi connectivity index (χ3v) is 3.94. The molecular weight excluding hydrogens is 278 g/mol. The van der Waals surface area contributed by atoms with Crippen molar-refractivity contribution in [3.05, 3.63) is 20.8 Å². The molecular formula is C10H14BrNO2S. The molecule has 0 aliphatic carbocycles. The average molecular weight is 292 g/mol. The van der Waals surface area contributed by atoms with Crippen LogP contribution in [0.5, 0.6) is 0 Å². The highest BCUT2D eigenvalue weighted by Gasteiger charge is 2.07. The van der Waals surface area contributed by atoms with Gasteiger partial charge in [-0.3, -0.25) is 4.79 Å². The normalized spacial score (nSPS) is 10.7. The molecule has 0 saturated carbocycles. The van der Waals surface area contributed by atoms with Gasteiger partial charge in [0.2, 0.25) is 0 Å². The zero-order valence-corrected chi connectivity index (χ0v) is 11.2. The molecule has 1 heterocycles. The Labute approximate surface area is 102 Å². The van der Waals surface area contributed by atoms with Crippen LogP contribution in [-0.4, -0.2) is 31.6 Å². The summed E-state index contributed by atoms with van der Waals surface area (Å²) in [6.45, 7) is 1.58. The van der Waals surface area contributed by atoms with Crippen LogP contribution in [0.3, 0.4) is 0 Å². The molecule has 0 bridgehead atoms. The Hall–Kier alpha value is -0.390. The monoisotopic (exact) mass is 291 g/mol. The summed E-state index contributed by atoms with van der Waals surface area (Å²) < 4.78 is 5.72. The van der Waals surface area contributed by atoms with E-state index in [2.05, 4.69) is 25.6 Å². The Kier molecular flexibility index (Phi) is 5.28. The first kappa shape index (κ1) is 12.7. The lowest BCUT2D eigenvalue weighted by Gasteiger charge is -2.14. The number of nitrogens with zero attached hydrogens (tertiary/aromatic N) is 1. The molecule has 1 aromatic heterocycles. The van der Waals surface area contributed by atoms with Crippen LogP contribution in [0.25, 0.3) is 0 Å². The molecule has 0 amide bonds. The van der Waals surface area contributed by atoms with Gasteiger partial charge < -0.3 is 9.64 Å². The number of carbonyl (C=O) groups excluding carboxylic acids is 1. The molecule has 5 heteroatoms. The molecule has 0 spiro atoms. The van der Waals surface area contributed by atoms with Crippen LogP contribution in [0.1, 0.15) is 11.3 Å². The van der Waals surface area contributed by atoms with Gasteiger partial charge in [-0.25, -0.2) is 0 Å². The maximum Gasteiger partial charge on any atom is 0.306 e. The summed E-state index contributed by atoms with van der Waals surface area (Å²) in [5.41, 5.74) is 0. The van der Waals surface area contributed by atoms with Crippen molar-refractivity contribution in [2.75, 3.05) is 20.7 Å². The minimum atomic E-state index is -0.160. The SMILES string of the molecule is COC(=O)CCN(C)Cc1sccc1Br. The second kappa shape index (κ2) is 6.25. The first-order valence-corrected chi connectivity index (χ1v) is 6.28. The van der Waals surface area contributed by atoms with Gasteiger partial charge in [-0.1, -0.05) is 0 Å². The molecule has 0 radical (unpaired) electrons.